The van der Waals surface area contributed by atoms with Gasteiger partial charge in [-0.3, -0.25) is 10.1 Å². The highest BCUT2D eigenvalue weighted by Gasteiger charge is 2.37. The van der Waals surface area contributed by atoms with Crippen LogP contribution in [0.15, 0.2) is 18.5 Å². The maximum atomic E-state index is 13.7. The Hall–Kier alpha value is -1.74. The minimum absolute atomic E-state index is 0.0532. The van der Waals surface area contributed by atoms with Gasteiger partial charge in [-0.1, -0.05) is 11.6 Å². The lowest BCUT2D eigenvalue weighted by atomic mass is 10.1. The number of benzene rings is 1. The van der Waals surface area contributed by atoms with Gasteiger partial charge in [0.15, 0.2) is 5.82 Å². The van der Waals surface area contributed by atoms with Crippen LogP contribution in [-0.2, 0) is 6.18 Å². The van der Waals surface area contributed by atoms with Crippen molar-refractivity contribution in [2.45, 2.75) is 6.18 Å². The molecule has 0 saturated carbocycles. The Bertz CT molecular complexity index is 645. The molecule has 0 aliphatic carbocycles. The monoisotopic (exact) mass is 325 g/mol. The summed E-state index contributed by atoms with van der Waals surface area (Å²) in [6, 6.07) is 1.28. The van der Waals surface area contributed by atoms with E-state index in [9.17, 15) is 22.4 Å². The fourth-order valence-electron chi connectivity index (χ4n) is 1.40. The molecule has 2 rings (SSSR count). The number of carbonyl (C=O) groups is 1. The summed E-state index contributed by atoms with van der Waals surface area (Å²) in [4.78, 5) is 15.3. The second-order valence-electron chi connectivity index (χ2n) is 3.48. The molecular formula is C10H4ClF4N3OS. The Balaban J connectivity index is 2.48. The van der Waals surface area contributed by atoms with Gasteiger partial charge in [-0.25, -0.2) is 9.37 Å². The van der Waals surface area contributed by atoms with Gasteiger partial charge in [0.25, 0.3) is 5.91 Å². The standard InChI is InChI=1S/C10H4ClF4N3OS/c11-5-2-1-4(10(13,14)15)6(7(5)12)8(19)18-9-16-3-17-20-9/h1-3H,(H,16,17,18,19). The zero-order valence-corrected chi connectivity index (χ0v) is 10.9. The number of alkyl halides is 3. The number of aromatic nitrogens is 2. The van der Waals surface area contributed by atoms with Gasteiger partial charge in [-0.05, 0) is 12.1 Å². The summed E-state index contributed by atoms with van der Waals surface area (Å²) in [6.45, 7) is 0. The van der Waals surface area contributed by atoms with Crippen LogP contribution in [-0.4, -0.2) is 15.3 Å². The Kier molecular flexibility index (Phi) is 3.91. The molecule has 1 amide bonds. The highest BCUT2D eigenvalue weighted by molar-refractivity contribution is 7.09. The summed E-state index contributed by atoms with van der Waals surface area (Å²) in [6.07, 6.45) is -3.79. The van der Waals surface area contributed by atoms with Crippen LogP contribution in [0.4, 0.5) is 22.7 Å². The van der Waals surface area contributed by atoms with Crippen molar-refractivity contribution in [2.75, 3.05) is 5.32 Å². The van der Waals surface area contributed by atoms with Crippen LogP contribution in [0, 0.1) is 5.82 Å². The normalized spacial score (nSPS) is 11.4. The lowest BCUT2D eigenvalue weighted by Crippen LogP contribution is -2.20. The molecular weight excluding hydrogens is 322 g/mol. The van der Waals surface area contributed by atoms with Gasteiger partial charge < -0.3 is 0 Å². The van der Waals surface area contributed by atoms with Crippen LogP contribution >= 0.6 is 23.1 Å². The van der Waals surface area contributed by atoms with Crippen molar-refractivity contribution >= 4 is 34.2 Å². The lowest BCUT2D eigenvalue weighted by molar-refractivity contribution is -0.138. The van der Waals surface area contributed by atoms with Gasteiger partial charge >= 0.3 is 6.18 Å². The van der Waals surface area contributed by atoms with E-state index in [4.69, 9.17) is 11.6 Å². The van der Waals surface area contributed by atoms with E-state index in [0.717, 1.165) is 23.9 Å². The van der Waals surface area contributed by atoms with E-state index in [2.05, 4.69) is 9.36 Å². The number of carbonyl (C=O) groups excluding carboxylic acids is 1. The maximum Gasteiger partial charge on any atom is 0.417 e. The molecule has 0 fully saturated rings. The molecule has 10 heteroatoms. The third-order valence-corrected chi connectivity index (χ3v) is 3.08. The largest absolute Gasteiger partial charge is 0.417 e. The van der Waals surface area contributed by atoms with Crippen molar-refractivity contribution in [2.24, 2.45) is 0 Å². The molecule has 0 spiro atoms. The van der Waals surface area contributed by atoms with E-state index >= 15 is 0 Å². The van der Waals surface area contributed by atoms with Crippen LogP contribution in [0.5, 0.6) is 0 Å². The van der Waals surface area contributed by atoms with Crippen LogP contribution < -0.4 is 5.32 Å². The number of halogens is 5. The van der Waals surface area contributed by atoms with Crippen molar-refractivity contribution in [3.05, 3.63) is 40.4 Å². The number of nitrogens with one attached hydrogen (secondary N) is 1. The molecule has 1 aromatic heterocycles. The predicted molar refractivity (Wildman–Crippen MR) is 64.3 cm³/mol. The number of hydrogen-bond donors (Lipinski definition) is 1. The third kappa shape index (κ3) is 2.88. The van der Waals surface area contributed by atoms with Crippen molar-refractivity contribution in [1.29, 1.82) is 0 Å². The summed E-state index contributed by atoms with van der Waals surface area (Å²) in [7, 11) is 0. The van der Waals surface area contributed by atoms with E-state index in [0.29, 0.717) is 6.07 Å². The van der Waals surface area contributed by atoms with E-state index in [-0.39, 0.29) is 5.13 Å². The van der Waals surface area contributed by atoms with E-state index in [1.807, 2.05) is 5.32 Å². The molecule has 0 unspecified atom stereocenters. The van der Waals surface area contributed by atoms with Gasteiger partial charge in [0.2, 0.25) is 5.13 Å². The maximum absolute atomic E-state index is 13.7. The van der Waals surface area contributed by atoms with Crippen molar-refractivity contribution in [3.63, 3.8) is 0 Å². The fourth-order valence-corrected chi connectivity index (χ4v) is 1.98. The number of rotatable bonds is 2. The van der Waals surface area contributed by atoms with E-state index < -0.39 is 34.1 Å². The smallest absolute Gasteiger partial charge is 0.296 e. The highest BCUT2D eigenvalue weighted by Crippen LogP contribution is 2.35. The quantitative estimate of drug-likeness (QED) is 0.858. The van der Waals surface area contributed by atoms with Gasteiger partial charge in [0.05, 0.1) is 16.1 Å². The molecule has 1 heterocycles. The molecule has 1 aromatic carbocycles. The molecule has 0 saturated heterocycles. The van der Waals surface area contributed by atoms with Crippen molar-refractivity contribution < 1.29 is 22.4 Å². The highest BCUT2D eigenvalue weighted by atomic mass is 35.5. The molecule has 1 N–H and O–H groups in total. The van der Waals surface area contributed by atoms with Gasteiger partial charge in [0.1, 0.15) is 6.33 Å². The first-order chi connectivity index (χ1) is 9.30. The summed E-state index contributed by atoms with van der Waals surface area (Å²) in [5.41, 5.74) is -2.60. The number of nitrogens with zero attached hydrogens (tertiary/aromatic N) is 2. The molecule has 0 radical (unpaired) electrons. The second kappa shape index (κ2) is 5.33. The summed E-state index contributed by atoms with van der Waals surface area (Å²) < 4.78 is 55.7. The number of anilines is 1. The summed E-state index contributed by atoms with van der Waals surface area (Å²) in [5.74, 6) is -2.74. The summed E-state index contributed by atoms with van der Waals surface area (Å²) in [5, 5.41) is 1.39. The van der Waals surface area contributed by atoms with Gasteiger partial charge in [-0.15, -0.1) is 0 Å². The third-order valence-electron chi connectivity index (χ3n) is 2.21. The SMILES string of the molecule is O=C(Nc1ncns1)c1c(C(F)(F)F)ccc(Cl)c1F. The van der Waals surface area contributed by atoms with Crippen LogP contribution in [0.3, 0.4) is 0 Å². The minimum Gasteiger partial charge on any atom is -0.296 e. The van der Waals surface area contributed by atoms with Gasteiger partial charge in [-0.2, -0.15) is 17.5 Å². The topological polar surface area (TPSA) is 54.9 Å². The Morgan fingerprint density at radius 1 is 1.35 bits per heavy atom. The van der Waals surface area contributed by atoms with Crippen molar-refractivity contribution in [1.82, 2.24) is 9.36 Å². The second-order valence-corrected chi connectivity index (χ2v) is 4.67. The first-order valence-electron chi connectivity index (χ1n) is 4.94. The Morgan fingerprint density at radius 2 is 2.05 bits per heavy atom. The first-order valence-corrected chi connectivity index (χ1v) is 6.09. The molecule has 0 atom stereocenters. The number of amides is 1. The molecule has 20 heavy (non-hydrogen) atoms. The molecule has 0 aliphatic heterocycles. The van der Waals surface area contributed by atoms with Crippen LogP contribution in [0.2, 0.25) is 5.02 Å². The number of hydrogen-bond acceptors (Lipinski definition) is 4. The summed E-state index contributed by atoms with van der Waals surface area (Å²) >= 11 is 6.15. The minimum atomic E-state index is -4.89. The average Bonchev–Trinajstić information content (AvgIpc) is 2.83. The average molecular weight is 326 g/mol. The molecule has 2 aromatic rings. The predicted octanol–water partition coefficient (Wildman–Crippen LogP) is 3.60. The fraction of sp³-hybridized carbons (Fsp3) is 0.100. The zero-order valence-electron chi connectivity index (χ0n) is 9.33. The molecule has 0 bridgehead atoms. The van der Waals surface area contributed by atoms with Crippen LogP contribution in [0.25, 0.3) is 0 Å². The molecule has 4 nitrogen and oxygen atoms in total. The van der Waals surface area contributed by atoms with E-state index in [1.165, 1.54) is 0 Å². The van der Waals surface area contributed by atoms with E-state index in [1.54, 1.807) is 0 Å². The van der Waals surface area contributed by atoms with Crippen LogP contribution in [0.1, 0.15) is 15.9 Å². The Labute approximate surface area is 118 Å². The van der Waals surface area contributed by atoms with Gasteiger partial charge in [0, 0.05) is 11.5 Å². The molecule has 0 aliphatic rings. The lowest BCUT2D eigenvalue weighted by Gasteiger charge is -2.13. The Morgan fingerprint density at radius 3 is 2.60 bits per heavy atom. The van der Waals surface area contributed by atoms with Crippen molar-refractivity contribution in [3.8, 4) is 0 Å². The molecule has 106 valence electrons. The first kappa shape index (κ1) is 14.7. The zero-order chi connectivity index (χ0) is 14.9.